The minimum absolute atomic E-state index is 0.00162. The SMILES string of the molecule is O=C(Cc1ccc(F)cc1)N1CCCN(C(=O)C2CC(=O)N(Cc3ccccc3)C2)CC1. The number of likely N-dealkylation sites (tertiary alicyclic amines) is 1. The summed E-state index contributed by atoms with van der Waals surface area (Å²) >= 11 is 0. The summed E-state index contributed by atoms with van der Waals surface area (Å²) < 4.78 is 13.1. The Bertz CT molecular complexity index is 964. The van der Waals surface area contributed by atoms with E-state index < -0.39 is 0 Å². The van der Waals surface area contributed by atoms with Crippen molar-refractivity contribution in [3.63, 3.8) is 0 Å². The molecule has 0 N–H and O–H groups in total. The van der Waals surface area contributed by atoms with Gasteiger partial charge >= 0.3 is 0 Å². The van der Waals surface area contributed by atoms with E-state index in [0.29, 0.717) is 45.7 Å². The zero-order chi connectivity index (χ0) is 22.5. The van der Waals surface area contributed by atoms with Gasteiger partial charge in [-0.15, -0.1) is 0 Å². The second-order valence-electron chi connectivity index (χ2n) is 8.52. The number of nitrogens with zero attached hydrogens (tertiary/aromatic N) is 3. The maximum absolute atomic E-state index is 13.1. The van der Waals surface area contributed by atoms with Gasteiger partial charge in [0.05, 0.1) is 12.3 Å². The first-order valence-corrected chi connectivity index (χ1v) is 11.1. The third kappa shape index (κ3) is 5.33. The molecule has 168 valence electrons. The molecule has 0 saturated carbocycles. The first-order valence-electron chi connectivity index (χ1n) is 11.1. The van der Waals surface area contributed by atoms with Crippen molar-refractivity contribution in [2.45, 2.75) is 25.8 Å². The molecule has 1 unspecified atom stereocenters. The predicted molar refractivity (Wildman–Crippen MR) is 118 cm³/mol. The van der Waals surface area contributed by atoms with Crippen LogP contribution >= 0.6 is 0 Å². The number of amides is 3. The molecule has 4 rings (SSSR count). The van der Waals surface area contributed by atoms with Gasteiger partial charge < -0.3 is 14.7 Å². The Morgan fingerprint density at radius 1 is 0.875 bits per heavy atom. The fraction of sp³-hybridized carbons (Fsp3) is 0.400. The van der Waals surface area contributed by atoms with Crippen molar-refractivity contribution in [3.05, 3.63) is 71.5 Å². The number of halogens is 1. The Hall–Kier alpha value is -3.22. The van der Waals surface area contributed by atoms with Gasteiger partial charge in [0.1, 0.15) is 5.82 Å². The number of rotatable bonds is 5. The molecule has 2 aliphatic heterocycles. The Morgan fingerprint density at radius 2 is 1.56 bits per heavy atom. The standard InChI is InChI=1S/C25H28FN3O3/c26-22-9-7-19(8-10-22)15-23(30)27-11-4-12-28(14-13-27)25(32)21-16-24(31)29(18-21)17-20-5-2-1-3-6-20/h1-3,5-10,21H,4,11-18H2. The van der Waals surface area contributed by atoms with E-state index in [-0.39, 0.29) is 42.3 Å². The number of hydrogen-bond donors (Lipinski definition) is 0. The van der Waals surface area contributed by atoms with E-state index in [1.54, 1.807) is 26.8 Å². The van der Waals surface area contributed by atoms with Crippen LogP contribution in [0.4, 0.5) is 4.39 Å². The summed E-state index contributed by atoms with van der Waals surface area (Å²) in [5.74, 6) is -0.651. The minimum Gasteiger partial charge on any atom is -0.341 e. The van der Waals surface area contributed by atoms with Crippen LogP contribution in [0.5, 0.6) is 0 Å². The highest BCUT2D eigenvalue weighted by Crippen LogP contribution is 2.23. The summed E-state index contributed by atoms with van der Waals surface area (Å²) in [5.41, 5.74) is 1.83. The topological polar surface area (TPSA) is 60.9 Å². The van der Waals surface area contributed by atoms with Gasteiger partial charge in [0.25, 0.3) is 0 Å². The lowest BCUT2D eigenvalue weighted by Gasteiger charge is -2.24. The van der Waals surface area contributed by atoms with Crippen molar-refractivity contribution in [2.75, 3.05) is 32.7 Å². The van der Waals surface area contributed by atoms with Crippen molar-refractivity contribution >= 4 is 17.7 Å². The molecule has 6 nitrogen and oxygen atoms in total. The molecule has 2 aromatic carbocycles. The molecule has 32 heavy (non-hydrogen) atoms. The van der Waals surface area contributed by atoms with Gasteiger partial charge in [-0.1, -0.05) is 42.5 Å². The summed E-state index contributed by atoms with van der Waals surface area (Å²) in [5, 5.41) is 0. The molecule has 2 aliphatic rings. The van der Waals surface area contributed by atoms with Crippen LogP contribution in [-0.4, -0.2) is 65.1 Å². The maximum Gasteiger partial charge on any atom is 0.228 e. The molecule has 2 aromatic rings. The zero-order valence-corrected chi connectivity index (χ0v) is 18.1. The highest BCUT2D eigenvalue weighted by molar-refractivity contribution is 5.89. The lowest BCUT2D eigenvalue weighted by atomic mass is 10.1. The molecule has 2 saturated heterocycles. The fourth-order valence-corrected chi connectivity index (χ4v) is 4.43. The molecule has 2 fully saturated rings. The van der Waals surface area contributed by atoms with Gasteiger partial charge in [0, 0.05) is 45.7 Å². The van der Waals surface area contributed by atoms with Gasteiger partial charge in [-0.2, -0.15) is 0 Å². The number of carbonyl (C=O) groups excluding carboxylic acids is 3. The lowest BCUT2D eigenvalue weighted by Crippen LogP contribution is -2.41. The third-order valence-corrected chi connectivity index (χ3v) is 6.21. The Balaban J connectivity index is 1.30. The predicted octanol–water partition coefficient (Wildman–Crippen LogP) is 2.48. The van der Waals surface area contributed by atoms with Crippen molar-refractivity contribution in [1.29, 1.82) is 0 Å². The van der Waals surface area contributed by atoms with Crippen LogP contribution in [0.25, 0.3) is 0 Å². The summed E-state index contributed by atoms with van der Waals surface area (Å²) in [4.78, 5) is 43.6. The molecular weight excluding hydrogens is 409 g/mol. The van der Waals surface area contributed by atoms with E-state index in [4.69, 9.17) is 0 Å². The third-order valence-electron chi connectivity index (χ3n) is 6.21. The summed E-state index contributed by atoms with van der Waals surface area (Å²) in [6.07, 6.45) is 1.17. The molecule has 7 heteroatoms. The van der Waals surface area contributed by atoms with Crippen LogP contribution in [0.2, 0.25) is 0 Å². The second kappa shape index (κ2) is 9.94. The van der Waals surface area contributed by atoms with E-state index in [2.05, 4.69) is 0 Å². The zero-order valence-electron chi connectivity index (χ0n) is 18.1. The van der Waals surface area contributed by atoms with E-state index in [9.17, 15) is 18.8 Å². The summed E-state index contributed by atoms with van der Waals surface area (Å²) in [6.45, 7) is 3.08. The normalized spacial score (nSPS) is 19.2. The molecule has 0 radical (unpaired) electrons. The average Bonchev–Trinajstić information content (AvgIpc) is 3.00. The fourth-order valence-electron chi connectivity index (χ4n) is 4.43. The van der Waals surface area contributed by atoms with Gasteiger partial charge in [-0.3, -0.25) is 14.4 Å². The second-order valence-corrected chi connectivity index (χ2v) is 8.52. The molecule has 1 atom stereocenters. The molecule has 3 amide bonds. The van der Waals surface area contributed by atoms with E-state index >= 15 is 0 Å². The molecule has 2 heterocycles. The average molecular weight is 438 g/mol. The Labute approximate surface area is 187 Å². The van der Waals surface area contributed by atoms with Crippen molar-refractivity contribution in [2.24, 2.45) is 5.92 Å². The van der Waals surface area contributed by atoms with Gasteiger partial charge in [0.2, 0.25) is 17.7 Å². The molecule has 0 aliphatic carbocycles. The van der Waals surface area contributed by atoms with Crippen molar-refractivity contribution in [3.8, 4) is 0 Å². The minimum atomic E-state index is -0.326. The van der Waals surface area contributed by atoms with Crippen molar-refractivity contribution < 1.29 is 18.8 Å². The van der Waals surface area contributed by atoms with Crippen LogP contribution in [-0.2, 0) is 27.3 Å². The van der Waals surface area contributed by atoms with Crippen LogP contribution < -0.4 is 0 Å². The quantitative estimate of drug-likeness (QED) is 0.722. The first-order chi connectivity index (χ1) is 15.5. The maximum atomic E-state index is 13.1. The first kappa shape index (κ1) is 22.0. The van der Waals surface area contributed by atoms with Gasteiger partial charge in [-0.05, 0) is 29.7 Å². The highest BCUT2D eigenvalue weighted by Gasteiger charge is 2.37. The Morgan fingerprint density at radius 3 is 2.31 bits per heavy atom. The number of benzene rings is 2. The summed E-state index contributed by atoms with van der Waals surface area (Å²) in [6, 6.07) is 15.7. The largest absolute Gasteiger partial charge is 0.341 e. The van der Waals surface area contributed by atoms with E-state index in [1.807, 2.05) is 30.3 Å². The molecule has 0 aromatic heterocycles. The van der Waals surface area contributed by atoms with Crippen LogP contribution in [0.3, 0.4) is 0 Å². The van der Waals surface area contributed by atoms with Crippen LogP contribution in [0.15, 0.2) is 54.6 Å². The van der Waals surface area contributed by atoms with E-state index in [1.165, 1.54) is 12.1 Å². The van der Waals surface area contributed by atoms with Crippen molar-refractivity contribution in [1.82, 2.24) is 14.7 Å². The van der Waals surface area contributed by atoms with Crippen LogP contribution in [0.1, 0.15) is 24.0 Å². The highest BCUT2D eigenvalue weighted by atomic mass is 19.1. The number of hydrogen-bond acceptors (Lipinski definition) is 3. The smallest absolute Gasteiger partial charge is 0.228 e. The lowest BCUT2D eigenvalue weighted by molar-refractivity contribution is -0.136. The van der Waals surface area contributed by atoms with Crippen LogP contribution in [0, 0.1) is 11.7 Å². The van der Waals surface area contributed by atoms with E-state index in [0.717, 1.165) is 11.1 Å². The monoisotopic (exact) mass is 437 g/mol. The molecule has 0 spiro atoms. The molecular formula is C25H28FN3O3. The van der Waals surface area contributed by atoms with Gasteiger partial charge in [-0.25, -0.2) is 4.39 Å². The van der Waals surface area contributed by atoms with Gasteiger partial charge in [0.15, 0.2) is 0 Å². The summed E-state index contributed by atoms with van der Waals surface area (Å²) in [7, 11) is 0. The number of carbonyl (C=O) groups is 3. The Kier molecular flexibility index (Phi) is 6.83. The molecule has 0 bridgehead atoms.